The average Bonchev–Trinajstić information content (AvgIpc) is 3.52. The smallest absolute Gasteiger partial charge is 0.459 e. The van der Waals surface area contributed by atoms with Crippen LogP contribution in [0, 0.1) is 0 Å². The maximum atomic E-state index is 13.9. The molecule has 2 bridgehead atoms. The molecule has 15 nitrogen and oxygen atoms in total. The van der Waals surface area contributed by atoms with Crippen molar-refractivity contribution in [2.24, 2.45) is 0 Å². The molecule has 2 fully saturated rings. The second-order valence-corrected chi connectivity index (χ2v) is 11.3. The Balaban J connectivity index is 1.37. The lowest BCUT2D eigenvalue weighted by Crippen LogP contribution is -2.46. The van der Waals surface area contributed by atoms with Crippen molar-refractivity contribution in [3.05, 3.63) is 36.7 Å². The lowest BCUT2D eigenvalue weighted by Gasteiger charge is -2.32. The number of nitrogen functional groups attached to an aromatic ring is 2. The van der Waals surface area contributed by atoms with Gasteiger partial charge in [-0.15, -0.1) is 0 Å². The highest BCUT2D eigenvalue weighted by Gasteiger charge is 2.63. The second kappa shape index (κ2) is 10.3. The van der Waals surface area contributed by atoms with Crippen molar-refractivity contribution in [2.45, 2.75) is 57.0 Å². The van der Waals surface area contributed by atoms with E-state index in [2.05, 4.69) is 20.0 Å². The summed E-state index contributed by atoms with van der Waals surface area (Å²) in [5.41, 5.74) is 10.8. The fraction of sp³-hybridized carbons (Fsp3) is 0.478. The van der Waals surface area contributed by atoms with Crippen molar-refractivity contribution >= 4 is 36.6 Å². The predicted octanol–water partition coefficient (Wildman–Crippen LogP) is 1.15. The van der Waals surface area contributed by atoms with Gasteiger partial charge in [0.05, 0.1) is 25.6 Å². The summed E-state index contributed by atoms with van der Waals surface area (Å²) in [6, 6.07) is 7.28. The van der Waals surface area contributed by atoms with Crippen LogP contribution in [0.1, 0.15) is 27.0 Å². The van der Waals surface area contributed by atoms with Gasteiger partial charge in [-0.25, -0.2) is 9.55 Å². The SMILES string of the molecule is CC(C)OC(=O)[C@@H](C)NP(=O)(OC[C@@]12CO[C@@H]([C@H](n3cnc4c(N)nc(N)nc43)O1)[C@@H]2O)Oc1ccccc1. The number of hydrogen-bond donors (Lipinski definition) is 4. The summed E-state index contributed by atoms with van der Waals surface area (Å²) in [5.74, 6) is -0.368. The molecule has 0 aliphatic carbocycles. The number of aromatic nitrogens is 4. The van der Waals surface area contributed by atoms with Gasteiger partial charge in [-0.1, -0.05) is 18.2 Å². The number of ether oxygens (including phenoxy) is 3. The maximum Gasteiger partial charge on any atom is 0.459 e. The first-order valence-corrected chi connectivity index (χ1v) is 13.7. The van der Waals surface area contributed by atoms with Crippen LogP contribution in [-0.2, 0) is 28.1 Å². The molecule has 6 N–H and O–H groups in total. The van der Waals surface area contributed by atoms with Crippen LogP contribution in [-0.4, -0.2) is 73.8 Å². The van der Waals surface area contributed by atoms with Crippen LogP contribution < -0.4 is 21.1 Å². The minimum atomic E-state index is -4.21. The summed E-state index contributed by atoms with van der Waals surface area (Å²) < 4.78 is 44.1. The van der Waals surface area contributed by atoms with Gasteiger partial charge < -0.3 is 35.3 Å². The van der Waals surface area contributed by atoms with E-state index in [1.165, 1.54) is 17.8 Å². The number of esters is 1. The van der Waals surface area contributed by atoms with Gasteiger partial charge >= 0.3 is 13.7 Å². The fourth-order valence-corrected chi connectivity index (χ4v) is 5.96. The number of carbonyl (C=O) groups excluding carboxylic acids is 1. The molecule has 16 heteroatoms. The van der Waals surface area contributed by atoms with Gasteiger partial charge in [0.1, 0.15) is 35.1 Å². The molecule has 0 amide bonds. The molecule has 4 heterocycles. The summed E-state index contributed by atoms with van der Waals surface area (Å²) in [4.78, 5) is 24.7. The number of imidazole rings is 1. The molecular weight excluding hydrogens is 533 g/mol. The molecule has 1 aromatic carbocycles. The van der Waals surface area contributed by atoms with Crippen LogP contribution in [0.3, 0.4) is 0 Å². The molecule has 210 valence electrons. The molecule has 0 saturated carbocycles. The zero-order valence-electron chi connectivity index (χ0n) is 21.5. The van der Waals surface area contributed by atoms with Gasteiger partial charge in [0, 0.05) is 0 Å². The predicted molar refractivity (Wildman–Crippen MR) is 137 cm³/mol. The Hall–Kier alpha value is -3.33. The van der Waals surface area contributed by atoms with Crippen molar-refractivity contribution < 1.29 is 37.7 Å². The van der Waals surface area contributed by atoms with Crippen molar-refractivity contribution in [1.29, 1.82) is 0 Å². The Labute approximate surface area is 223 Å². The maximum absolute atomic E-state index is 13.9. The zero-order valence-corrected chi connectivity index (χ0v) is 22.4. The molecule has 1 unspecified atom stereocenters. The van der Waals surface area contributed by atoms with Crippen molar-refractivity contribution in [1.82, 2.24) is 24.6 Å². The topological polar surface area (TPSA) is 208 Å². The first-order chi connectivity index (χ1) is 18.5. The van der Waals surface area contributed by atoms with Crippen LogP contribution in [0.25, 0.3) is 11.2 Å². The molecule has 3 aromatic rings. The monoisotopic (exact) mass is 563 g/mol. The third-order valence-electron chi connectivity index (χ3n) is 6.25. The molecule has 2 aliphatic heterocycles. The number of hydrogen-bond acceptors (Lipinski definition) is 13. The standard InChI is InChI=1S/C23H30N7O8P/c1-12(2)36-21(32)13(3)29-39(33,38-14-7-5-4-6-8-14)35-10-23-9-34-16(17(23)31)20(37-23)30-11-26-15-18(24)27-22(25)28-19(15)30/h4-8,11-13,16-17,20,31H,9-10H2,1-3H3,(H,29,33)(H4,24,25,27,28)/t13-,16-,17+,20-,23-,39?/m1/s1. The summed E-state index contributed by atoms with van der Waals surface area (Å²) >= 11 is 0. The third-order valence-corrected chi connectivity index (χ3v) is 7.88. The summed E-state index contributed by atoms with van der Waals surface area (Å²) in [5, 5.41) is 13.7. The Morgan fingerprint density at radius 2 is 2.03 bits per heavy atom. The number of anilines is 2. The molecule has 0 radical (unpaired) electrons. The third kappa shape index (κ3) is 5.29. The number of rotatable bonds is 10. The number of carbonyl (C=O) groups is 1. The number of nitrogens with one attached hydrogen (secondary N) is 1. The highest BCUT2D eigenvalue weighted by atomic mass is 31.2. The Kier molecular flexibility index (Phi) is 7.22. The number of benzene rings is 1. The van der Waals surface area contributed by atoms with Gasteiger partial charge in [0.25, 0.3) is 0 Å². The Bertz CT molecular complexity index is 1410. The van der Waals surface area contributed by atoms with Crippen LogP contribution in [0.4, 0.5) is 11.8 Å². The highest BCUT2D eigenvalue weighted by molar-refractivity contribution is 7.52. The summed E-state index contributed by atoms with van der Waals surface area (Å²) in [7, 11) is -4.21. The molecule has 0 spiro atoms. The van der Waals surface area contributed by atoms with E-state index in [1.807, 2.05) is 0 Å². The van der Waals surface area contributed by atoms with Gasteiger partial charge in [-0.05, 0) is 32.9 Å². The van der Waals surface area contributed by atoms with Crippen LogP contribution in [0.2, 0.25) is 0 Å². The van der Waals surface area contributed by atoms with E-state index >= 15 is 0 Å². The van der Waals surface area contributed by atoms with E-state index in [-0.39, 0.29) is 30.2 Å². The minimum absolute atomic E-state index is 0.0559. The lowest BCUT2D eigenvalue weighted by atomic mass is 10.0. The minimum Gasteiger partial charge on any atom is -0.462 e. The van der Waals surface area contributed by atoms with Crippen molar-refractivity contribution in [2.75, 3.05) is 24.7 Å². The number of aliphatic hydroxyl groups excluding tert-OH is 1. The quantitative estimate of drug-likeness (QED) is 0.202. The average molecular weight is 564 g/mol. The van der Waals surface area contributed by atoms with E-state index in [1.54, 1.807) is 44.2 Å². The van der Waals surface area contributed by atoms with Crippen LogP contribution in [0.15, 0.2) is 36.7 Å². The van der Waals surface area contributed by atoms with Crippen LogP contribution in [0.5, 0.6) is 5.75 Å². The van der Waals surface area contributed by atoms with E-state index in [0.717, 1.165) is 0 Å². The van der Waals surface area contributed by atoms with Crippen LogP contribution >= 0.6 is 7.75 Å². The lowest BCUT2D eigenvalue weighted by molar-refractivity contribution is -0.183. The Morgan fingerprint density at radius 3 is 2.74 bits per heavy atom. The number of fused-ring (bicyclic) bond motifs is 3. The molecule has 39 heavy (non-hydrogen) atoms. The number of para-hydroxylation sites is 1. The summed E-state index contributed by atoms with van der Waals surface area (Å²) in [6.45, 7) is 4.41. The van der Waals surface area contributed by atoms with Gasteiger partial charge in [0.15, 0.2) is 17.7 Å². The molecule has 2 aliphatic rings. The molecule has 5 rings (SSSR count). The first-order valence-electron chi connectivity index (χ1n) is 12.2. The van der Waals surface area contributed by atoms with E-state index in [9.17, 15) is 14.5 Å². The fourth-order valence-electron chi connectivity index (χ4n) is 4.41. The van der Waals surface area contributed by atoms with Crippen molar-refractivity contribution in [3.8, 4) is 5.75 Å². The van der Waals surface area contributed by atoms with E-state index < -0.39 is 50.4 Å². The normalized spacial score (nSPS) is 26.5. The molecular formula is C23H30N7O8P. The summed E-state index contributed by atoms with van der Waals surface area (Å²) in [6.07, 6.45) is -1.83. The van der Waals surface area contributed by atoms with E-state index in [0.29, 0.717) is 11.2 Å². The van der Waals surface area contributed by atoms with Gasteiger partial charge in [-0.3, -0.25) is 13.9 Å². The Morgan fingerprint density at radius 1 is 1.28 bits per heavy atom. The van der Waals surface area contributed by atoms with Crippen molar-refractivity contribution in [3.63, 3.8) is 0 Å². The molecule has 6 atom stereocenters. The molecule has 2 saturated heterocycles. The zero-order chi connectivity index (χ0) is 27.9. The first kappa shape index (κ1) is 27.2. The van der Waals surface area contributed by atoms with Gasteiger partial charge in [0.2, 0.25) is 5.95 Å². The van der Waals surface area contributed by atoms with E-state index in [4.69, 9.17) is 34.7 Å². The largest absolute Gasteiger partial charge is 0.462 e. The number of aliphatic hydroxyl groups is 1. The van der Waals surface area contributed by atoms with Gasteiger partial charge in [-0.2, -0.15) is 15.1 Å². The second-order valence-electron chi connectivity index (χ2n) is 9.60. The highest BCUT2D eigenvalue weighted by Crippen LogP contribution is 2.50. The number of nitrogens with two attached hydrogens (primary N) is 2. The number of nitrogens with zero attached hydrogens (tertiary/aromatic N) is 4. The molecule has 2 aromatic heterocycles.